The van der Waals surface area contributed by atoms with Crippen LogP contribution in [0.2, 0.25) is 5.02 Å². The number of carbonyl (C=O) groups excluding carboxylic acids is 2. The molecule has 2 atom stereocenters. The van der Waals surface area contributed by atoms with Crippen molar-refractivity contribution in [1.29, 1.82) is 0 Å². The van der Waals surface area contributed by atoms with Gasteiger partial charge in [-0.15, -0.1) is 0 Å². The van der Waals surface area contributed by atoms with Gasteiger partial charge in [-0.1, -0.05) is 29.8 Å². The molecule has 2 amide bonds. The van der Waals surface area contributed by atoms with Gasteiger partial charge in [0.1, 0.15) is 11.6 Å². The number of hydrogen-bond acceptors (Lipinski definition) is 4. The molecule has 1 aliphatic heterocycles. The van der Waals surface area contributed by atoms with E-state index >= 15 is 0 Å². The Morgan fingerprint density at radius 3 is 2.70 bits per heavy atom. The van der Waals surface area contributed by atoms with Crippen molar-refractivity contribution >= 4 is 23.4 Å². The summed E-state index contributed by atoms with van der Waals surface area (Å²) in [5, 5.41) is 10.1. The number of aromatic nitrogens is 3. The van der Waals surface area contributed by atoms with Crippen molar-refractivity contribution in [3.63, 3.8) is 0 Å². The topological polar surface area (TPSA) is 91.0 Å². The van der Waals surface area contributed by atoms with Gasteiger partial charge in [0.2, 0.25) is 0 Å². The van der Waals surface area contributed by atoms with Crippen molar-refractivity contribution in [1.82, 2.24) is 25.4 Å². The summed E-state index contributed by atoms with van der Waals surface area (Å²) in [7, 11) is 0. The molecule has 7 nitrogen and oxygen atoms in total. The molecule has 9 heteroatoms. The Morgan fingerprint density at radius 2 is 2.00 bits per heavy atom. The van der Waals surface area contributed by atoms with Crippen LogP contribution in [-0.4, -0.2) is 44.5 Å². The molecule has 0 radical (unpaired) electrons. The van der Waals surface area contributed by atoms with Crippen LogP contribution in [0.5, 0.6) is 0 Å². The molecular formula is C21H19ClFN5O2. The van der Waals surface area contributed by atoms with Crippen LogP contribution < -0.4 is 5.32 Å². The van der Waals surface area contributed by atoms with Gasteiger partial charge >= 0.3 is 0 Å². The molecule has 0 saturated carbocycles. The third kappa shape index (κ3) is 4.04. The predicted octanol–water partition coefficient (Wildman–Crippen LogP) is 3.29. The van der Waals surface area contributed by atoms with Crippen LogP contribution >= 0.6 is 11.6 Å². The number of amides is 2. The highest BCUT2D eigenvalue weighted by atomic mass is 35.5. The van der Waals surface area contributed by atoms with E-state index in [9.17, 15) is 14.0 Å². The molecule has 1 saturated heterocycles. The van der Waals surface area contributed by atoms with E-state index in [2.05, 4.69) is 20.5 Å². The summed E-state index contributed by atoms with van der Waals surface area (Å²) in [5.41, 5.74) is 0.392. The van der Waals surface area contributed by atoms with E-state index in [1.807, 2.05) is 6.07 Å². The number of hydrogen-bond donors (Lipinski definition) is 2. The Bertz CT molecular complexity index is 1090. The van der Waals surface area contributed by atoms with Crippen LogP contribution in [0.4, 0.5) is 4.39 Å². The number of carbonyl (C=O) groups is 2. The minimum atomic E-state index is -0.661. The van der Waals surface area contributed by atoms with E-state index < -0.39 is 17.8 Å². The average Bonchev–Trinajstić information content (AvgIpc) is 3.36. The standard InChI is InChI=1S/C21H19ClFN5O2/c1-12-24-19(27-26-12)18-10-15(25-20(29)13-5-3-2-4-6-13)11-28(18)21(30)16-9-14(22)7-8-17(16)23/h2-9,15,18H,10-11H2,1H3,(H,25,29)(H,24,26,27)/t15-,18-/m0/s1. The third-order valence-electron chi connectivity index (χ3n) is 5.00. The van der Waals surface area contributed by atoms with Gasteiger partial charge < -0.3 is 10.2 Å². The van der Waals surface area contributed by atoms with Crippen LogP contribution in [0, 0.1) is 12.7 Å². The van der Waals surface area contributed by atoms with Crippen molar-refractivity contribution in [3.8, 4) is 0 Å². The van der Waals surface area contributed by atoms with Crippen molar-refractivity contribution in [3.05, 3.63) is 82.1 Å². The first kappa shape index (κ1) is 20.0. The highest BCUT2D eigenvalue weighted by molar-refractivity contribution is 6.31. The second-order valence-corrected chi connectivity index (χ2v) is 7.59. The highest BCUT2D eigenvalue weighted by Crippen LogP contribution is 2.32. The summed E-state index contributed by atoms with van der Waals surface area (Å²) < 4.78 is 14.3. The molecule has 1 aromatic heterocycles. The summed E-state index contributed by atoms with van der Waals surface area (Å²) in [6.07, 6.45) is 0.407. The first-order chi connectivity index (χ1) is 14.4. The van der Waals surface area contributed by atoms with E-state index in [0.717, 1.165) is 6.07 Å². The Kier molecular flexibility index (Phi) is 5.50. The number of benzene rings is 2. The lowest BCUT2D eigenvalue weighted by atomic mass is 10.1. The molecule has 30 heavy (non-hydrogen) atoms. The SMILES string of the molecule is Cc1nc([C@@H]2C[C@H](NC(=O)c3ccccc3)CN2C(=O)c2cc(Cl)ccc2F)n[nH]1. The van der Waals surface area contributed by atoms with Gasteiger partial charge in [-0.3, -0.25) is 14.7 Å². The maximum absolute atomic E-state index is 14.3. The average molecular weight is 428 g/mol. The van der Waals surface area contributed by atoms with Crippen molar-refractivity contribution < 1.29 is 14.0 Å². The van der Waals surface area contributed by atoms with E-state index in [1.165, 1.54) is 17.0 Å². The number of H-pyrrole nitrogens is 1. The number of aryl methyl sites for hydroxylation is 1. The Hall–Kier alpha value is -3.26. The van der Waals surface area contributed by atoms with Crippen LogP contribution in [0.1, 0.15) is 44.8 Å². The maximum Gasteiger partial charge on any atom is 0.257 e. The number of aromatic amines is 1. The fourth-order valence-electron chi connectivity index (χ4n) is 3.59. The van der Waals surface area contributed by atoms with Crippen LogP contribution in [-0.2, 0) is 0 Å². The first-order valence-electron chi connectivity index (χ1n) is 9.43. The van der Waals surface area contributed by atoms with Crippen molar-refractivity contribution in [2.45, 2.75) is 25.4 Å². The van der Waals surface area contributed by atoms with Gasteiger partial charge in [-0.05, 0) is 43.7 Å². The van der Waals surface area contributed by atoms with Gasteiger partial charge in [0.15, 0.2) is 5.82 Å². The molecule has 1 aliphatic rings. The largest absolute Gasteiger partial charge is 0.347 e. The molecule has 4 rings (SSSR count). The minimum absolute atomic E-state index is 0.130. The molecule has 0 bridgehead atoms. The van der Waals surface area contributed by atoms with E-state index in [0.29, 0.717) is 23.6 Å². The smallest absolute Gasteiger partial charge is 0.257 e. The van der Waals surface area contributed by atoms with Crippen molar-refractivity contribution in [2.24, 2.45) is 0 Å². The molecule has 0 spiro atoms. The number of halogens is 2. The zero-order valence-corrected chi connectivity index (χ0v) is 16.9. The Morgan fingerprint density at radius 1 is 1.23 bits per heavy atom. The summed E-state index contributed by atoms with van der Waals surface area (Å²) in [5.74, 6) is -0.415. The van der Waals surface area contributed by atoms with Gasteiger partial charge in [0.25, 0.3) is 11.8 Å². The number of nitrogens with one attached hydrogen (secondary N) is 2. The molecule has 0 aliphatic carbocycles. The summed E-state index contributed by atoms with van der Waals surface area (Å²) in [4.78, 5) is 31.5. The predicted molar refractivity (Wildman–Crippen MR) is 109 cm³/mol. The lowest BCUT2D eigenvalue weighted by molar-refractivity contribution is 0.0719. The van der Waals surface area contributed by atoms with E-state index in [1.54, 1.807) is 31.2 Å². The van der Waals surface area contributed by atoms with Gasteiger partial charge in [0.05, 0.1) is 11.6 Å². The fourth-order valence-corrected chi connectivity index (χ4v) is 3.77. The lowest BCUT2D eigenvalue weighted by Crippen LogP contribution is -2.38. The minimum Gasteiger partial charge on any atom is -0.347 e. The first-order valence-corrected chi connectivity index (χ1v) is 9.81. The quantitative estimate of drug-likeness (QED) is 0.668. The van der Waals surface area contributed by atoms with Crippen molar-refractivity contribution in [2.75, 3.05) is 6.54 Å². The second-order valence-electron chi connectivity index (χ2n) is 7.15. The third-order valence-corrected chi connectivity index (χ3v) is 5.24. The van der Waals surface area contributed by atoms with E-state index in [4.69, 9.17) is 11.6 Å². The maximum atomic E-state index is 14.3. The van der Waals surface area contributed by atoms with Gasteiger partial charge in [0, 0.05) is 23.2 Å². The van der Waals surface area contributed by atoms with Gasteiger partial charge in [-0.2, -0.15) is 5.10 Å². The molecular weight excluding hydrogens is 409 g/mol. The second kappa shape index (κ2) is 8.23. The van der Waals surface area contributed by atoms with Crippen LogP contribution in [0.15, 0.2) is 48.5 Å². The normalized spacial score (nSPS) is 18.4. The molecule has 2 N–H and O–H groups in total. The van der Waals surface area contributed by atoms with Crippen LogP contribution in [0.3, 0.4) is 0 Å². The zero-order valence-electron chi connectivity index (χ0n) is 16.1. The number of nitrogens with zero attached hydrogens (tertiary/aromatic N) is 3. The number of rotatable bonds is 4. The molecule has 0 unspecified atom stereocenters. The monoisotopic (exact) mass is 427 g/mol. The lowest BCUT2D eigenvalue weighted by Gasteiger charge is -2.22. The summed E-state index contributed by atoms with van der Waals surface area (Å²) >= 11 is 5.97. The number of likely N-dealkylation sites (tertiary alicyclic amines) is 1. The summed E-state index contributed by atoms with van der Waals surface area (Å²) in [6, 6.07) is 11.8. The summed E-state index contributed by atoms with van der Waals surface area (Å²) in [6.45, 7) is 1.95. The Balaban J connectivity index is 1.60. The highest BCUT2D eigenvalue weighted by Gasteiger charge is 2.40. The molecule has 2 aromatic carbocycles. The zero-order chi connectivity index (χ0) is 21.3. The van der Waals surface area contributed by atoms with Gasteiger partial charge in [-0.25, -0.2) is 9.37 Å². The molecule has 154 valence electrons. The Labute approximate surface area is 177 Å². The fraction of sp³-hybridized carbons (Fsp3) is 0.238. The molecule has 3 aromatic rings. The van der Waals surface area contributed by atoms with E-state index in [-0.39, 0.29) is 29.1 Å². The molecule has 1 fully saturated rings. The molecule has 2 heterocycles. The van der Waals surface area contributed by atoms with Crippen LogP contribution in [0.25, 0.3) is 0 Å².